The number of hydrogen-bond acceptors (Lipinski definition) is 1. The second-order valence-electron chi connectivity index (χ2n) is 8.24. The Bertz CT molecular complexity index is 1590. The maximum atomic E-state index is 4.61. The third kappa shape index (κ3) is 3.91. The van der Waals surface area contributed by atoms with E-state index in [0.29, 0.717) is 0 Å². The Morgan fingerprint density at radius 3 is 1.67 bits per heavy atom. The van der Waals surface area contributed by atoms with Crippen LogP contribution < -0.4 is 0 Å². The van der Waals surface area contributed by atoms with Crippen LogP contribution in [0.4, 0.5) is 0 Å². The molecular formula is C31H20IN. The molecule has 0 bridgehead atoms. The molecule has 0 unspecified atom stereocenters. The SMILES string of the molecule is Ic1ccc(-c2ccc3cc(-c4ccc(-c5cccc6cccnc56)cc4)ccc3c2)cc1. The molecule has 0 atom stereocenters. The Kier molecular flexibility index (Phi) is 5.16. The summed E-state index contributed by atoms with van der Waals surface area (Å²) in [5, 5.41) is 3.68. The molecule has 6 aromatic rings. The van der Waals surface area contributed by atoms with Gasteiger partial charge in [-0.3, -0.25) is 4.98 Å². The van der Waals surface area contributed by atoms with Gasteiger partial charge in [0.05, 0.1) is 5.52 Å². The normalized spacial score (nSPS) is 11.2. The van der Waals surface area contributed by atoms with Gasteiger partial charge in [0, 0.05) is 20.7 Å². The molecule has 6 rings (SSSR count). The second kappa shape index (κ2) is 8.45. The van der Waals surface area contributed by atoms with E-state index in [1.165, 1.54) is 53.1 Å². The second-order valence-corrected chi connectivity index (χ2v) is 9.49. The maximum absolute atomic E-state index is 4.61. The van der Waals surface area contributed by atoms with Crippen molar-refractivity contribution in [3.8, 4) is 33.4 Å². The monoisotopic (exact) mass is 533 g/mol. The molecule has 0 fully saturated rings. The van der Waals surface area contributed by atoms with E-state index in [-0.39, 0.29) is 0 Å². The summed E-state index contributed by atoms with van der Waals surface area (Å²) in [6, 6.07) is 41.4. The summed E-state index contributed by atoms with van der Waals surface area (Å²) >= 11 is 2.34. The van der Waals surface area contributed by atoms with Crippen LogP contribution in [0.3, 0.4) is 0 Å². The van der Waals surface area contributed by atoms with Gasteiger partial charge in [-0.1, -0.05) is 84.9 Å². The lowest BCUT2D eigenvalue weighted by Crippen LogP contribution is -1.85. The first kappa shape index (κ1) is 20.1. The summed E-state index contributed by atoms with van der Waals surface area (Å²) in [4.78, 5) is 4.61. The quantitative estimate of drug-likeness (QED) is 0.207. The number of halogens is 1. The summed E-state index contributed by atoms with van der Waals surface area (Å²) in [6.07, 6.45) is 1.86. The van der Waals surface area contributed by atoms with Crippen LogP contribution in [-0.2, 0) is 0 Å². The van der Waals surface area contributed by atoms with Gasteiger partial charge in [0.15, 0.2) is 0 Å². The van der Waals surface area contributed by atoms with Crippen LogP contribution in [0.15, 0.2) is 121 Å². The molecule has 0 saturated heterocycles. The van der Waals surface area contributed by atoms with E-state index in [2.05, 4.69) is 137 Å². The zero-order chi connectivity index (χ0) is 22.2. The number of hydrogen-bond donors (Lipinski definition) is 0. The van der Waals surface area contributed by atoms with Gasteiger partial charge in [0.1, 0.15) is 0 Å². The topological polar surface area (TPSA) is 12.9 Å². The minimum Gasteiger partial charge on any atom is -0.256 e. The summed E-state index contributed by atoms with van der Waals surface area (Å²) in [7, 11) is 0. The fourth-order valence-electron chi connectivity index (χ4n) is 4.43. The predicted molar refractivity (Wildman–Crippen MR) is 148 cm³/mol. The molecule has 156 valence electrons. The Labute approximate surface area is 206 Å². The van der Waals surface area contributed by atoms with Gasteiger partial charge in [-0.25, -0.2) is 0 Å². The molecule has 0 radical (unpaired) electrons. The van der Waals surface area contributed by atoms with Crippen molar-refractivity contribution in [2.24, 2.45) is 0 Å². The average molecular weight is 533 g/mol. The molecule has 5 aromatic carbocycles. The summed E-state index contributed by atoms with van der Waals surface area (Å²) < 4.78 is 1.25. The van der Waals surface area contributed by atoms with Crippen LogP contribution in [-0.4, -0.2) is 4.98 Å². The van der Waals surface area contributed by atoms with Gasteiger partial charge < -0.3 is 0 Å². The van der Waals surface area contributed by atoms with E-state index >= 15 is 0 Å². The van der Waals surface area contributed by atoms with Gasteiger partial charge in [0.2, 0.25) is 0 Å². The van der Waals surface area contributed by atoms with E-state index < -0.39 is 0 Å². The number of aromatic nitrogens is 1. The summed E-state index contributed by atoms with van der Waals surface area (Å²) in [6.45, 7) is 0. The van der Waals surface area contributed by atoms with Gasteiger partial charge in [0.25, 0.3) is 0 Å². The van der Waals surface area contributed by atoms with Crippen LogP contribution in [0.5, 0.6) is 0 Å². The van der Waals surface area contributed by atoms with Gasteiger partial charge in [-0.05, 0) is 91.5 Å². The van der Waals surface area contributed by atoms with Crippen molar-refractivity contribution in [2.45, 2.75) is 0 Å². The first-order valence-electron chi connectivity index (χ1n) is 11.0. The summed E-state index contributed by atoms with van der Waals surface area (Å²) in [5.74, 6) is 0. The van der Waals surface area contributed by atoms with E-state index in [1.807, 2.05) is 12.3 Å². The molecule has 33 heavy (non-hydrogen) atoms. The van der Waals surface area contributed by atoms with Crippen molar-refractivity contribution in [1.82, 2.24) is 4.98 Å². The average Bonchev–Trinajstić information content (AvgIpc) is 2.88. The fraction of sp³-hybridized carbons (Fsp3) is 0. The first-order valence-corrected chi connectivity index (χ1v) is 12.1. The van der Waals surface area contributed by atoms with E-state index in [4.69, 9.17) is 0 Å². The highest BCUT2D eigenvalue weighted by atomic mass is 127. The van der Waals surface area contributed by atoms with Crippen molar-refractivity contribution < 1.29 is 0 Å². The Morgan fingerprint density at radius 1 is 0.455 bits per heavy atom. The first-order chi connectivity index (χ1) is 16.2. The lowest BCUT2D eigenvalue weighted by molar-refractivity contribution is 1.41. The number of rotatable bonds is 3. The minimum absolute atomic E-state index is 1.04. The third-order valence-electron chi connectivity index (χ3n) is 6.18. The fourth-order valence-corrected chi connectivity index (χ4v) is 4.79. The molecule has 1 nitrogen and oxygen atoms in total. The standard InChI is InChI=1S/C31H20IN/c32-29-16-14-22(15-17-29)26-11-13-27-19-25(10-12-28(27)20-26)21-6-8-23(9-7-21)30-5-1-3-24-4-2-18-33-31(24)30/h1-20H. The molecule has 0 N–H and O–H groups in total. The third-order valence-corrected chi connectivity index (χ3v) is 6.90. The Balaban J connectivity index is 1.33. The van der Waals surface area contributed by atoms with Crippen molar-refractivity contribution in [1.29, 1.82) is 0 Å². The van der Waals surface area contributed by atoms with Crippen LogP contribution in [0.25, 0.3) is 55.1 Å². The molecule has 1 aromatic heterocycles. The number of nitrogens with zero attached hydrogens (tertiary/aromatic N) is 1. The Hall–Kier alpha value is -3.50. The lowest BCUT2D eigenvalue weighted by Gasteiger charge is -2.09. The zero-order valence-corrected chi connectivity index (χ0v) is 20.0. The molecule has 0 aliphatic rings. The van der Waals surface area contributed by atoms with E-state index in [0.717, 1.165) is 5.52 Å². The number of pyridine rings is 1. The largest absolute Gasteiger partial charge is 0.256 e. The van der Waals surface area contributed by atoms with Gasteiger partial charge >= 0.3 is 0 Å². The molecule has 0 aliphatic carbocycles. The number of fused-ring (bicyclic) bond motifs is 2. The van der Waals surface area contributed by atoms with Crippen molar-refractivity contribution in [2.75, 3.05) is 0 Å². The highest BCUT2D eigenvalue weighted by Crippen LogP contribution is 2.32. The van der Waals surface area contributed by atoms with E-state index in [1.54, 1.807) is 0 Å². The van der Waals surface area contributed by atoms with Crippen LogP contribution in [0.1, 0.15) is 0 Å². The molecule has 1 heterocycles. The maximum Gasteiger partial charge on any atom is 0.0780 e. The predicted octanol–water partition coefficient (Wildman–Crippen LogP) is 8.99. The zero-order valence-electron chi connectivity index (χ0n) is 17.9. The molecule has 2 heteroatoms. The van der Waals surface area contributed by atoms with Crippen molar-refractivity contribution in [3.63, 3.8) is 0 Å². The highest BCUT2D eigenvalue weighted by Gasteiger charge is 2.07. The van der Waals surface area contributed by atoms with Crippen LogP contribution >= 0.6 is 22.6 Å². The van der Waals surface area contributed by atoms with Crippen LogP contribution in [0, 0.1) is 3.57 Å². The molecular weight excluding hydrogens is 513 g/mol. The molecule has 0 spiro atoms. The van der Waals surface area contributed by atoms with Crippen LogP contribution in [0.2, 0.25) is 0 Å². The van der Waals surface area contributed by atoms with Crippen molar-refractivity contribution >= 4 is 44.3 Å². The van der Waals surface area contributed by atoms with Gasteiger partial charge in [-0.2, -0.15) is 0 Å². The van der Waals surface area contributed by atoms with Crippen molar-refractivity contribution in [3.05, 3.63) is 125 Å². The molecule has 0 saturated carbocycles. The number of benzene rings is 5. The summed E-state index contributed by atoms with van der Waals surface area (Å²) in [5.41, 5.74) is 8.34. The lowest BCUT2D eigenvalue weighted by atomic mass is 9.96. The number of para-hydroxylation sites is 1. The molecule has 0 aliphatic heterocycles. The molecule has 0 amide bonds. The van der Waals surface area contributed by atoms with Gasteiger partial charge in [-0.15, -0.1) is 0 Å². The minimum atomic E-state index is 1.04. The van der Waals surface area contributed by atoms with E-state index in [9.17, 15) is 0 Å². The smallest absolute Gasteiger partial charge is 0.0780 e. The highest BCUT2D eigenvalue weighted by molar-refractivity contribution is 14.1. The Morgan fingerprint density at radius 2 is 1.00 bits per heavy atom.